The second-order valence-electron chi connectivity index (χ2n) is 6.30. The Morgan fingerprint density at radius 3 is 2.63 bits per heavy atom. The maximum Gasteiger partial charge on any atom is 0.401 e. The normalized spacial score (nSPS) is 16.6. The van der Waals surface area contributed by atoms with Crippen molar-refractivity contribution in [1.29, 1.82) is 0 Å². The minimum Gasteiger partial charge on any atom is -0.494 e. The summed E-state index contributed by atoms with van der Waals surface area (Å²) >= 11 is 1.36. The fourth-order valence-corrected chi connectivity index (χ4v) is 3.85. The molecule has 1 aromatic heterocycles. The van der Waals surface area contributed by atoms with E-state index in [2.05, 4.69) is 10.3 Å². The first-order chi connectivity index (χ1) is 12.8. The number of hydrogen-bond acceptors (Lipinski definition) is 6. The van der Waals surface area contributed by atoms with Crippen LogP contribution < -0.4 is 10.1 Å². The fourth-order valence-electron chi connectivity index (χ4n) is 2.94. The summed E-state index contributed by atoms with van der Waals surface area (Å²) in [7, 11) is 0. The van der Waals surface area contributed by atoms with Crippen molar-refractivity contribution in [3.8, 4) is 5.75 Å². The summed E-state index contributed by atoms with van der Waals surface area (Å²) in [6.45, 7) is 3.18. The fraction of sp³-hybridized carbons (Fsp3) is 0.529. The third-order valence-corrected chi connectivity index (χ3v) is 5.09. The van der Waals surface area contributed by atoms with E-state index in [1.165, 1.54) is 16.2 Å². The highest BCUT2D eigenvalue weighted by Gasteiger charge is 2.32. The Hall–Kier alpha value is -1.91. The van der Waals surface area contributed by atoms with Gasteiger partial charge in [-0.15, -0.1) is 0 Å². The summed E-state index contributed by atoms with van der Waals surface area (Å²) in [5, 5.41) is 3.27. The summed E-state index contributed by atoms with van der Waals surface area (Å²) in [5.74, 6) is 0.534. The number of alkyl halides is 3. The summed E-state index contributed by atoms with van der Waals surface area (Å²) in [5.41, 5.74) is 0.777. The quantitative estimate of drug-likeness (QED) is 0.805. The van der Waals surface area contributed by atoms with E-state index in [-0.39, 0.29) is 12.5 Å². The topological polar surface area (TPSA) is 57.7 Å². The smallest absolute Gasteiger partial charge is 0.401 e. The van der Waals surface area contributed by atoms with Gasteiger partial charge in [-0.25, -0.2) is 4.98 Å². The maximum atomic E-state index is 12.4. The number of ether oxygens (including phenoxy) is 1. The van der Waals surface area contributed by atoms with E-state index in [0.717, 1.165) is 16.0 Å². The third kappa shape index (κ3) is 5.78. The monoisotopic (exact) mass is 402 g/mol. The van der Waals surface area contributed by atoms with Crippen LogP contribution in [0.2, 0.25) is 0 Å². The van der Waals surface area contributed by atoms with Gasteiger partial charge in [0.25, 0.3) is 0 Å². The van der Waals surface area contributed by atoms with E-state index in [4.69, 9.17) is 4.74 Å². The summed E-state index contributed by atoms with van der Waals surface area (Å²) in [6, 6.07) is 5.55. The van der Waals surface area contributed by atoms with Crippen LogP contribution in [0, 0.1) is 0 Å². The van der Waals surface area contributed by atoms with Crippen LogP contribution in [-0.4, -0.2) is 72.7 Å². The van der Waals surface area contributed by atoms with E-state index in [0.29, 0.717) is 37.9 Å². The summed E-state index contributed by atoms with van der Waals surface area (Å²) < 4.78 is 43.6. The van der Waals surface area contributed by atoms with Gasteiger partial charge < -0.3 is 10.1 Å². The molecule has 27 heavy (non-hydrogen) atoms. The average molecular weight is 402 g/mol. The number of nitrogens with zero attached hydrogens (tertiary/aromatic N) is 3. The van der Waals surface area contributed by atoms with E-state index >= 15 is 0 Å². The molecule has 1 aliphatic rings. The number of thiazole rings is 1. The number of nitrogens with one attached hydrogen (secondary N) is 1. The molecule has 1 aliphatic heterocycles. The Kier molecular flexibility index (Phi) is 6.18. The number of halogens is 3. The summed E-state index contributed by atoms with van der Waals surface area (Å²) in [4.78, 5) is 19.8. The van der Waals surface area contributed by atoms with Crippen LogP contribution in [0.3, 0.4) is 0 Å². The van der Waals surface area contributed by atoms with E-state index < -0.39 is 12.7 Å². The Morgan fingerprint density at radius 2 is 1.96 bits per heavy atom. The molecule has 10 heteroatoms. The van der Waals surface area contributed by atoms with Crippen molar-refractivity contribution in [2.75, 3.05) is 51.2 Å². The first kappa shape index (κ1) is 19.8. The second kappa shape index (κ2) is 8.41. The zero-order chi connectivity index (χ0) is 19.4. The lowest BCUT2D eigenvalue weighted by Gasteiger charge is -2.34. The van der Waals surface area contributed by atoms with Crippen molar-refractivity contribution in [3.63, 3.8) is 0 Å². The molecule has 1 amide bonds. The second-order valence-corrected chi connectivity index (χ2v) is 7.33. The number of rotatable bonds is 6. The van der Waals surface area contributed by atoms with Gasteiger partial charge in [-0.1, -0.05) is 11.3 Å². The molecule has 2 aromatic rings. The molecular formula is C17H21F3N4O2S. The minimum absolute atomic E-state index is 0.139. The number of aromatic nitrogens is 1. The molecule has 1 fully saturated rings. The lowest BCUT2D eigenvalue weighted by atomic mass is 10.3. The molecule has 0 aliphatic carbocycles. The van der Waals surface area contributed by atoms with E-state index in [1.807, 2.05) is 30.0 Å². The Balaban J connectivity index is 1.50. The maximum absolute atomic E-state index is 12.4. The average Bonchev–Trinajstić information content (AvgIpc) is 2.97. The number of carbonyl (C=O) groups is 1. The van der Waals surface area contributed by atoms with Gasteiger partial charge in [0.05, 0.1) is 29.9 Å². The van der Waals surface area contributed by atoms with Gasteiger partial charge in [-0.3, -0.25) is 14.6 Å². The first-order valence-corrected chi connectivity index (χ1v) is 9.49. The zero-order valence-electron chi connectivity index (χ0n) is 14.9. The van der Waals surface area contributed by atoms with Gasteiger partial charge in [0.2, 0.25) is 5.91 Å². The van der Waals surface area contributed by atoms with E-state index in [9.17, 15) is 18.0 Å². The van der Waals surface area contributed by atoms with Crippen molar-refractivity contribution in [2.45, 2.75) is 13.1 Å². The number of piperazine rings is 1. The highest BCUT2D eigenvalue weighted by molar-refractivity contribution is 7.22. The van der Waals surface area contributed by atoms with Crippen LogP contribution in [0.1, 0.15) is 6.92 Å². The predicted octanol–water partition coefficient (Wildman–Crippen LogP) is 2.81. The molecule has 0 atom stereocenters. The molecule has 0 spiro atoms. The lowest BCUT2D eigenvalue weighted by Crippen LogP contribution is -2.50. The predicted molar refractivity (Wildman–Crippen MR) is 98.4 cm³/mol. The van der Waals surface area contributed by atoms with Crippen LogP contribution in [0.25, 0.3) is 10.2 Å². The zero-order valence-corrected chi connectivity index (χ0v) is 15.7. The third-order valence-electron chi connectivity index (χ3n) is 4.15. The van der Waals surface area contributed by atoms with Crippen molar-refractivity contribution in [2.24, 2.45) is 0 Å². The van der Waals surface area contributed by atoms with Crippen molar-refractivity contribution >= 4 is 32.6 Å². The largest absolute Gasteiger partial charge is 0.494 e. The van der Waals surface area contributed by atoms with Crippen molar-refractivity contribution in [3.05, 3.63) is 18.2 Å². The number of anilines is 1. The highest BCUT2D eigenvalue weighted by atomic mass is 32.1. The molecule has 0 radical (unpaired) electrons. The van der Waals surface area contributed by atoms with Gasteiger partial charge in [0.15, 0.2) is 5.13 Å². The molecule has 6 nitrogen and oxygen atoms in total. The van der Waals surface area contributed by atoms with Gasteiger partial charge in [-0.05, 0) is 25.1 Å². The van der Waals surface area contributed by atoms with Crippen LogP contribution in [-0.2, 0) is 4.79 Å². The van der Waals surface area contributed by atoms with Crippen LogP contribution in [0.4, 0.5) is 18.3 Å². The van der Waals surface area contributed by atoms with Crippen LogP contribution >= 0.6 is 11.3 Å². The molecule has 0 unspecified atom stereocenters. The van der Waals surface area contributed by atoms with Crippen molar-refractivity contribution < 1.29 is 22.7 Å². The van der Waals surface area contributed by atoms with Gasteiger partial charge in [0.1, 0.15) is 5.75 Å². The van der Waals surface area contributed by atoms with E-state index in [1.54, 1.807) is 0 Å². The molecule has 1 N–H and O–H groups in total. The standard InChI is InChI=1S/C17H21F3N4O2S/c1-2-26-12-3-4-13-14(9-12)27-16(21-13)22-15(25)10-23-5-7-24(8-6-23)11-17(18,19)20/h3-4,9H,2,5-8,10-11H2,1H3,(H,21,22,25). The molecule has 3 rings (SSSR count). The molecule has 0 bridgehead atoms. The SMILES string of the molecule is CCOc1ccc2nc(NC(=O)CN3CCN(CC(F)(F)F)CC3)sc2c1. The summed E-state index contributed by atoms with van der Waals surface area (Å²) in [6.07, 6.45) is -4.19. The number of benzene rings is 1. The Morgan fingerprint density at radius 1 is 1.26 bits per heavy atom. The molecule has 2 heterocycles. The van der Waals surface area contributed by atoms with Crippen LogP contribution in [0.5, 0.6) is 5.75 Å². The number of hydrogen-bond donors (Lipinski definition) is 1. The molecule has 1 aromatic carbocycles. The molecule has 0 saturated carbocycles. The van der Waals surface area contributed by atoms with Gasteiger partial charge in [-0.2, -0.15) is 13.2 Å². The number of amides is 1. The highest BCUT2D eigenvalue weighted by Crippen LogP contribution is 2.29. The molecule has 1 saturated heterocycles. The van der Waals surface area contributed by atoms with Gasteiger partial charge in [0, 0.05) is 26.2 Å². The number of carbonyl (C=O) groups excluding carboxylic acids is 1. The molecule has 148 valence electrons. The first-order valence-electron chi connectivity index (χ1n) is 8.67. The lowest BCUT2D eigenvalue weighted by molar-refractivity contribution is -0.149. The number of fused-ring (bicyclic) bond motifs is 1. The molecular weight excluding hydrogens is 381 g/mol. The van der Waals surface area contributed by atoms with Crippen molar-refractivity contribution in [1.82, 2.24) is 14.8 Å². The van der Waals surface area contributed by atoms with Gasteiger partial charge >= 0.3 is 6.18 Å². The Labute approximate surface area is 158 Å². The Bertz CT molecular complexity index is 788. The van der Waals surface area contributed by atoms with Crippen LogP contribution in [0.15, 0.2) is 18.2 Å². The minimum atomic E-state index is -4.19.